The summed E-state index contributed by atoms with van der Waals surface area (Å²) in [5.41, 5.74) is 1.65. The van der Waals surface area contributed by atoms with Gasteiger partial charge in [-0.15, -0.1) is 0 Å². The quantitative estimate of drug-likeness (QED) is 0.775. The van der Waals surface area contributed by atoms with Gasteiger partial charge in [-0.2, -0.15) is 5.26 Å². The molecule has 0 radical (unpaired) electrons. The van der Waals surface area contributed by atoms with Gasteiger partial charge in [0.2, 0.25) is 0 Å². The number of nitrogens with zero attached hydrogens (tertiary/aromatic N) is 1. The molecule has 0 unspecified atom stereocenters. The summed E-state index contributed by atoms with van der Waals surface area (Å²) in [6.45, 7) is 4.23. The van der Waals surface area contributed by atoms with E-state index in [0.717, 1.165) is 11.3 Å². The Bertz CT molecular complexity index is 629. The van der Waals surface area contributed by atoms with Crippen molar-refractivity contribution in [3.63, 3.8) is 0 Å². The fourth-order valence-electron chi connectivity index (χ4n) is 1.82. The Labute approximate surface area is 118 Å². The van der Waals surface area contributed by atoms with Crippen LogP contribution in [0.1, 0.15) is 30.9 Å². The van der Waals surface area contributed by atoms with Crippen molar-refractivity contribution >= 4 is 11.6 Å². The van der Waals surface area contributed by atoms with Gasteiger partial charge in [-0.25, -0.2) is 0 Å². The maximum absolute atomic E-state index is 8.81. The SMILES string of the molecule is CC(C)c1ccccc1Oc1ccc(C#N)cc1Cl. The van der Waals surface area contributed by atoms with Gasteiger partial charge in [0.25, 0.3) is 0 Å². The zero-order chi connectivity index (χ0) is 13.8. The standard InChI is InChI=1S/C16H14ClNO/c1-11(2)13-5-3-4-6-15(13)19-16-8-7-12(10-18)9-14(16)17/h3-9,11H,1-2H3. The van der Waals surface area contributed by atoms with Crippen LogP contribution in [0.25, 0.3) is 0 Å². The van der Waals surface area contributed by atoms with Crippen LogP contribution in [-0.4, -0.2) is 0 Å². The molecule has 0 aliphatic carbocycles. The van der Waals surface area contributed by atoms with Crippen LogP contribution in [0.2, 0.25) is 5.02 Å². The number of hydrogen-bond acceptors (Lipinski definition) is 2. The molecule has 0 atom stereocenters. The van der Waals surface area contributed by atoms with Crippen LogP contribution in [0.4, 0.5) is 0 Å². The number of nitriles is 1. The van der Waals surface area contributed by atoms with Gasteiger partial charge in [0.1, 0.15) is 11.5 Å². The molecule has 0 N–H and O–H groups in total. The number of para-hydroxylation sites is 1. The van der Waals surface area contributed by atoms with E-state index in [2.05, 4.69) is 13.8 Å². The van der Waals surface area contributed by atoms with Gasteiger partial charge in [-0.1, -0.05) is 43.6 Å². The van der Waals surface area contributed by atoms with Gasteiger partial charge in [-0.3, -0.25) is 0 Å². The van der Waals surface area contributed by atoms with Crippen molar-refractivity contribution in [1.29, 1.82) is 5.26 Å². The van der Waals surface area contributed by atoms with Gasteiger partial charge in [-0.05, 0) is 35.7 Å². The van der Waals surface area contributed by atoms with Crippen molar-refractivity contribution < 1.29 is 4.74 Å². The maximum atomic E-state index is 8.81. The van der Waals surface area contributed by atoms with Crippen LogP contribution in [0.3, 0.4) is 0 Å². The van der Waals surface area contributed by atoms with Gasteiger partial charge in [0.05, 0.1) is 16.7 Å². The number of ether oxygens (including phenoxy) is 1. The smallest absolute Gasteiger partial charge is 0.146 e. The minimum Gasteiger partial charge on any atom is -0.456 e. The third kappa shape index (κ3) is 3.07. The van der Waals surface area contributed by atoms with Crippen LogP contribution in [-0.2, 0) is 0 Å². The molecular formula is C16H14ClNO. The summed E-state index contributed by atoms with van der Waals surface area (Å²) < 4.78 is 5.86. The van der Waals surface area contributed by atoms with E-state index in [9.17, 15) is 0 Å². The van der Waals surface area contributed by atoms with Gasteiger partial charge in [0.15, 0.2) is 0 Å². The monoisotopic (exact) mass is 271 g/mol. The molecule has 0 fully saturated rings. The Hall–Kier alpha value is -1.98. The van der Waals surface area contributed by atoms with Crippen molar-refractivity contribution in [2.24, 2.45) is 0 Å². The Balaban J connectivity index is 2.34. The Morgan fingerprint density at radius 1 is 1.11 bits per heavy atom. The highest BCUT2D eigenvalue weighted by molar-refractivity contribution is 6.32. The summed E-state index contributed by atoms with van der Waals surface area (Å²) in [7, 11) is 0. The molecule has 2 nitrogen and oxygen atoms in total. The normalized spacial score (nSPS) is 10.3. The molecule has 0 heterocycles. The van der Waals surface area contributed by atoms with Crippen molar-refractivity contribution in [3.8, 4) is 17.6 Å². The second kappa shape index (κ2) is 5.77. The van der Waals surface area contributed by atoms with E-state index < -0.39 is 0 Å². The molecule has 2 rings (SSSR count). The third-order valence-corrected chi connectivity index (χ3v) is 3.12. The van der Waals surface area contributed by atoms with Crippen LogP contribution in [0.5, 0.6) is 11.5 Å². The summed E-state index contributed by atoms with van der Waals surface area (Å²) >= 11 is 6.11. The molecule has 2 aromatic rings. The summed E-state index contributed by atoms with van der Waals surface area (Å²) in [5, 5.41) is 9.25. The average molecular weight is 272 g/mol. The van der Waals surface area contributed by atoms with Crippen LogP contribution >= 0.6 is 11.6 Å². The summed E-state index contributed by atoms with van der Waals surface area (Å²) in [4.78, 5) is 0. The minimum absolute atomic E-state index is 0.369. The Morgan fingerprint density at radius 3 is 2.47 bits per heavy atom. The molecular weight excluding hydrogens is 258 g/mol. The second-order valence-electron chi connectivity index (χ2n) is 4.55. The average Bonchev–Trinajstić information content (AvgIpc) is 2.41. The van der Waals surface area contributed by atoms with E-state index >= 15 is 0 Å². The number of rotatable bonds is 3. The van der Waals surface area contributed by atoms with E-state index in [1.165, 1.54) is 0 Å². The van der Waals surface area contributed by atoms with Crippen LogP contribution < -0.4 is 4.74 Å². The summed E-state index contributed by atoms with van der Waals surface area (Å²) in [6, 6.07) is 14.9. The van der Waals surface area contributed by atoms with Gasteiger partial charge >= 0.3 is 0 Å². The largest absolute Gasteiger partial charge is 0.456 e. The summed E-state index contributed by atoms with van der Waals surface area (Å²) in [6.07, 6.45) is 0. The molecule has 0 saturated heterocycles. The molecule has 19 heavy (non-hydrogen) atoms. The first-order valence-corrected chi connectivity index (χ1v) is 6.46. The molecule has 0 bridgehead atoms. The van der Waals surface area contributed by atoms with Gasteiger partial charge < -0.3 is 4.74 Å². The third-order valence-electron chi connectivity index (χ3n) is 2.82. The van der Waals surface area contributed by atoms with Crippen LogP contribution in [0, 0.1) is 11.3 Å². The molecule has 0 amide bonds. The molecule has 96 valence electrons. The highest BCUT2D eigenvalue weighted by Gasteiger charge is 2.10. The van der Waals surface area contributed by atoms with E-state index in [4.69, 9.17) is 21.6 Å². The van der Waals surface area contributed by atoms with E-state index in [0.29, 0.717) is 22.3 Å². The molecule has 0 saturated carbocycles. The summed E-state index contributed by atoms with van der Waals surface area (Å²) in [5.74, 6) is 1.73. The molecule has 0 spiro atoms. The Morgan fingerprint density at radius 2 is 1.84 bits per heavy atom. The molecule has 0 aromatic heterocycles. The van der Waals surface area contributed by atoms with Crippen LogP contribution in [0.15, 0.2) is 42.5 Å². The first kappa shape index (κ1) is 13.5. The topological polar surface area (TPSA) is 33.0 Å². The lowest BCUT2D eigenvalue weighted by molar-refractivity contribution is 0.473. The fourth-order valence-corrected chi connectivity index (χ4v) is 2.04. The van der Waals surface area contributed by atoms with E-state index in [1.54, 1.807) is 18.2 Å². The molecule has 0 aliphatic heterocycles. The molecule has 2 aromatic carbocycles. The molecule has 3 heteroatoms. The first-order valence-electron chi connectivity index (χ1n) is 6.08. The fraction of sp³-hybridized carbons (Fsp3) is 0.188. The number of halogens is 1. The van der Waals surface area contributed by atoms with Crippen molar-refractivity contribution in [2.45, 2.75) is 19.8 Å². The lowest BCUT2D eigenvalue weighted by atomic mass is 10.0. The number of benzene rings is 2. The predicted molar refractivity (Wildman–Crippen MR) is 76.8 cm³/mol. The minimum atomic E-state index is 0.369. The Kier molecular flexibility index (Phi) is 4.09. The first-order chi connectivity index (χ1) is 9.11. The highest BCUT2D eigenvalue weighted by atomic mass is 35.5. The zero-order valence-electron chi connectivity index (χ0n) is 10.9. The predicted octanol–water partition coefficient (Wildman–Crippen LogP) is 5.13. The lowest BCUT2D eigenvalue weighted by Gasteiger charge is -2.14. The van der Waals surface area contributed by atoms with Crippen molar-refractivity contribution in [2.75, 3.05) is 0 Å². The second-order valence-corrected chi connectivity index (χ2v) is 4.96. The van der Waals surface area contributed by atoms with E-state index in [-0.39, 0.29) is 0 Å². The zero-order valence-corrected chi connectivity index (χ0v) is 11.6. The lowest BCUT2D eigenvalue weighted by Crippen LogP contribution is -1.94. The maximum Gasteiger partial charge on any atom is 0.146 e. The van der Waals surface area contributed by atoms with E-state index in [1.807, 2.05) is 30.3 Å². The highest BCUT2D eigenvalue weighted by Crippen LogP contribution is 2.34. The van der Waals surface area contributed by atoms with Crippen molar-refractivity contribution in [1.82, 2.24) is 0 Å². The number of hydrogen-bond donors (Lipinski definition) is 0. The molecule has 0 aliphatic rings. The van der Waals surface area contributed by atoms with Gasteiger partial charge in [0, 0.05) is 0 Å². The van der Waals surface area contributed by atoms with Crippen molar-refractivity contribution in [3.05, 3.63) is 58.6 Å².